The van der Waals surface area contributed by atoms with Crippen LogP contribution in [0.5, 0.6) is 0 Å². The van der Waals surface area contributed by atoms with Crippen LogP contribution in [0.4, 0.5) is 0 Å². The predicted octanol–water partition coefficient (Wildman–Crippen LogP) is 1.29. The molecule has 0 fully saturated rings. The molecular formula is C11H17N3O2. The normalized spacial score (nSPS) is 10.4. The van der Waals surface area contributed by atoms with Crippen molar-refractivity contribution in [2.45, 2.75) is 13.5 Å². The van der Waals surface area contributed by atoms with Crippen molar-refractivity contribution < 1.29 is 5.03 Å². The van der Waals surface area contributed by atoms with Gasteiger partial charge in [-0.1, -0.05) is 37.3 Å². The van der Waals surface area contributed by atoms with Gasteiger partial charge in [0.2, 0.25) is 0 Å². The molecule has 0 unspecified atom stereocenters. The van der Waals surface area contributed by atoms with E-state index in [0.717, 1.165) is 13.1 Å². The lowest BCUT2D eigenvalue weighted by molar-refractivity contribution is -0.544. The summed E-state index contributed by atoms with van der Waals surface area (Å²) in [6.45, 7) is 4.81. The third-order valence-corrected chi connectivity index (χ3v) is 2.37. The van der Waals surface area contributed by atoms with Crippen molar-refractivity contribution in [2.24, 2.45) is 0 Å². The van der Waals surface area contributed by atoms with Gasteiger partial charge in [-0.2, -0.15) is 0 Å². The first-order valence-corrected chi connectivity index (χ1v) is 5.36. The van der Waals surface area contributed by atoms with Crippen LogP contribution in [0.1, 0.15) is 12.5 Å². The highest BCUT2D eigenvalue weighted by Crippen LogP contribution is 2.03. The maximum atomic E-state index is 10.1. The summed E-state index contributed by atoms with van der Waals surface area (Å²) in [5.74, 6) is 0. The Kier molecular flexibility index (Phi) is 5.28. The van der Waals surface area contributed by atoms with Crippen LogP contribution >= 0.6 is 0 Å². The first-order valence-electron chi connectivity index (χ1n) is 5.36. The highest BCUT2D eigenvalue weighted by atomic mass is 16.7. The Bertz CT molecular complexity index is 316. The molecule has 0 radical (unpaired) electrons. The maximum Gasteiger partial charge on any atom is 0.157 e. The number of hydrogen-bond acceptors (Lipinski definition) is 3. The largest absolute Gasteiger partial charge is 0.297 e. The standard InChI is InChI=1S/C11H17N3O2/c1-2-13(9-8-12-14(15)16)10-11-6-4-3-5-7-11/h3-7,12H,2,8-10H2,1H3. The van der Waals surface area contributed by atoms with Gasteiger partial charge in [-0.3, -0.25) is 4.90 Å². The summed E-state index contributed by atoms with van der Waals surface area (Å²) in [5, 5.41) is 9.60. The fraction of sp³-hybridized carbons (Fsp3) is 0.455. The molecule has 0 aliphatic rings. The quantitative estimate of drug-likeness (QED) is 0.559. The van der Waals surface area contributed by atoms with Crippen molar-refractivity contribution in [1.29, 1.82) is 0 Å². The predicted molar refractivity (Wildman–Crippen MR) is 62.4 cm³/mol. The lowest BCUT2D eigenvalue weighted by Gasteiger charge is -2.19. The van der Waals surface area contributed by atoms with E-state index < -0.39 is 5.03 Å². The summed E-state index contributed by atoms with van der Waals surface area (Å²) in [7, 11) is 0. The zero-order valence-corrected chi connectivity index (χ0v) is 9.43. The van der Waals surface area contributed by atoms with E-state index in [1.807, 2.05) is 18.2 Å². The van der Waals surface area contributed by atoms with Crippen molar-refractivity contribution in [3.8, 4) is 0 Å². The molecule has 88 valence electrons. The summed E-state index contributed by atoms with van der Waals surface area (Å²) in [5.41, 5.74) is 3.40. The second-order valence-electron chi connectivity index (χ2n) is 3.52. The number of nitrogens with zero attached hydrogens (tertiary/aromatic N) is 2. The summed E-state index contributed by atoms with van der Waals surface area (Å²) < 4.78 is 0. The lowest BCUT2D eigenvalue weighted by atomic mass is 10.2. The van der Waals surface area contributed by atoms with Gasteiger partial charge >= 0.3 is 0 Å². The molecule has 0 saturated heterocycles. The minimum Gasteiger partial charge on any atom is -0.297 e. The van der Waals surface area contributed by atoms with E-state index in [0.29, 0.717) is 13.1 Å². The van der Waals surface area contributed by atoms with Crippen molar-refractivity contribution in [1.82, 2.24) is 10.3 Å². The Balaban J connectivity index is 2.34. The number of likely N-dealkylation sites (N-methyl/N-ethyl adjacent to an activating group) is 1. The highest BCUT2D eigenvalue weighted by Gasteiger charge is 2.04. The molecule has 5 nitrogen and oxygen atoms in total. The molecule has 0 saturated carbocycles. The van der Waals surface area contributed by atoms with Crippen molar-refractivity contribution >= 4 is 0 Å². The molecule has 0 bridgehead atoms. The molecule has 1 aromatic carbocycles. The Hall–Kier alpha value is -1.62. The number of benzene rings is 1. The molecule has 0 aliphatic carbocycles. The highest BCUT2D eigenvalue weighted by molar-refractivity contribution is 5.14. The maximum absolute atomic E-state index is 10.1. The van der Waals surface area contributed by atoms with E-state index >= 15 is 0 Å². The van der Waals surface area contributed by atoms with Crippen LogP contribution < -0.4 is 5.43 Å². The molecule has 0 aromatic heterocycles. The zero-order valence-electron chi connectivity index (χ0n) is 9.43. The Morgan fingerprint density at radius 2 is 2.06 bits per heavy atom. The van der Waals surface area contributed by atoms with Crippen molar-refractivity contribution in [3.05, 3.63) is 46.0 Å². The third-order valence-electron chi connectivity index (χ3n) is 2.37. The Morgan fingerprint density at radius 3 is 2.62 bits per heavy atom. The van der Waals surface area contributed by atoms with E-state index in [2.05, 4.69) is 29.4 Å². The molecule has 0 aliphatic heterocycles. The first-order chi connectivity index (χ1) is 7.72. The fourth-order valence-electron chi connectivity index (χ4n) is 1.49. The molecular weight excluding hydrogens is 206 g/mol. The molecule has 1 aromatic rings. The molecule has 1 rings (SSSR count). The smallest absolute Gasteiger partial charge is 0.157 e. The number of rotatable bonds is 7. The lowest BCUT2D eigenvalue weighted by Crippen LogP contribution is -2.34. The minimum atomic E-state index is -0.504. The minimum absolute atomic E-state index is 0.369. The second kappa shape index (κ2) is 6.79. The molecule has 5 heteroatoms. The number of nitrogens with one attached hydrogen (secondary N) is 1. The molecule has 0 spiro atoms. The van der Waals surface area contributed by atoms with Crippen LogP contribution in [-0.4, -0.2) is 29.6 Å². The zero-order chi connectivity index (χ0) is 11.8. The molecule has 16 heavy (non-hydrogen) atoms. The summed E-state index contributed by atoms with van der Waals surface area (Å²) in [4.78, 5) is 12.3. The van der Waals surface area contributed by atoms with Crippen LogP contribution in [-0.2, 0) is 6.54 Å². The molecule has 0 heterocycles. The van der Waals surface area contributed by atoms with Gasteiger partial charge in [0.05, 0.1) is 6.54 Å². The monoisotopic (exact) mass is 223 g/mol. The SMILES string of the molecule is CCN(CCN[N+](=O)[O-])Cc1ccccc1. The topological polar surface area (TPSA) is 58.4 Å². The first kappa shape index (κ1) is 12.4. The van der Waals surface area contributed by atoms with Crippen LogP contribution in [0.3, 0.4) is 0 Å². The molecule has 0 amide bonds. The number of nitro groups is 1. The van der Waals surface area contributed by atoms with Crippen molar-refractivity contribution in [3.63, 3.8) is 0 Å². The van der Waals surface area contributed by atoms with E-state index in [1.54, 1.807) is 0 Å². The van der Waals surface area contributed by atoms with Gasteiger partial charge in [0.1, 0.15) is 0 Å². The number of hydrazine groups is 1. The average Bonchev–Trinajstić information content (AvgIpc) is 2.28. The van der Waals surface area contributed by atoms with E-state index in [-0.39, 0.29) is 0 Å². The van der Waals surface area contributed by atoms with Gasteiger partial charge in [0.25, 0.3) is 0 Å². The summed E-state index contributed by atoms with van der Waals surface area (Å²) in [6.07, 6.45) is 0. The van der Waals surface area contributed by atoms with Crippen LogP contribution in [0.25, 0.3) is 0 Å². The van der Waals surface area contributed by atoms with Gasteiger partial charge < -0.3 is 0 Å². The van der Waals surface area contributed by atoms with Crippen LogP contribution in [0.15, 0.2) is 30.3 Å². The second-order valence-corrected chi connectivity index (χ2v) is 3.52. The Labute approximate surface area is 95.2 Å². The van der Waals surface area contributed by atoms with Crippen LogP contribution in [0, 0.1) is 10.1 Å². The fourth-order valence-corrected chi connectivity index (χ4v) is 1.49. The number of hydrogen-bond donors (Lipinski definition) is 1. The van der Waals surface area contributed by atoms with Gasteiger partial charge in [0.15, 0.2) is 5.03 Å². The molecule has 0 atom stereocenters. The van der Waals surface area contributed by atoms with Crippen molar-refractivity contribution in [2.75, 3.05) is 19.6 Å². The van der Waals surface area contributed by atoms with Gasteiger partial charge in [-0.15, -0.1) is 5.43 Å². The molecule has 1 N–H and O–H groups in total. The van der Waals surface area contributed by atoms with E-state index in [9.17, 15) is 10.1 Å². The van der Waals surface area contributed by atoms with Crippen LogP contribution in [0.2, 0.25) is 0 Å². The van der Waals surface area contributed by atoms with Gasteiger partial charge in [0, 0.05) is 13.1 Å². The average molecular weight is 223 g/mol. The summed E-state index contributed by atoms with van der Waals surface area (Å²) in [6, 6.07) is 10.1. The Morgan fingerprint density at radius 1 is 1.38 bits per heavy atom. The van der Waals surface area contributed by atoms with E-state index in [1.165, 1.54) is 5.56 Å². The van der Waals surface area contributed by atoms with E-state index in [4.69, 9.17) is 0 Å². The third kappa shape index (κ3) is 4.75. The van der Waals surface area contributed by atoms with Gasteiger partial charge in [-0.05, 0) is 12.1 Å². The summed E-state index contributed by atoms with van der Waals surface area (Å²) >= 11 is 0. The van der Waals surface area contributed by atoms with Gasteiger partial charge in [-0.25, -0.2) is 10.1 Å².